The monoisotopic (exact) mass is 577 g/mol. The van der Waals surface area contributed by atoms with Gasteiger partial charge in [0.2, 0.25) is 11.8 Å². The first kappa shape index (κ1) is 35.0. The molecule has 0 aromatic heterocycles. The molecule has 2 N–H and O–H groups in total. The molecular weight excluding hydrogens is 530 g/mol. The highest BCUT2D eigenvalue weighted by Gasteiger charge is 2.36. The van der Waals surface area contributed by atoms with E-state index in [-0.39, 0.29) is 6.54 Å². The van der Waals surface area contributed by atoms with Crippen molar-refractivity contribution in [3.63, 3.8) is 0 Å². The third kappa shape index (κ3) is 12.9. The maximum absolute atomic E-state index is 14.2. The summed E-state index contributed by atoms with van der Waals surface area (Å²) >= 11 is 1.55. The zero-order valence-corrected chi connectivity index (χ0v) is 25.7. The lowest BCUT2D eigenvalue weighted by Crippen LogP contribution is -2.53. The summed E-state index contributed by atoms with van der Waals surface area (Å²) in [6.07, 6.45) is 7.96. The van der Waals surface area contributed by atoms with Crippen LogP contribution in [0.2, 0.25) is 0 Å². The van der Waals surface area contributed by atoms with E-state index >= 15 is 0 Å². The van der Waals surface area contributed by atoms with Crippen molar-refractivity contribution in [2.24, 2.45) is 0 Å². The number of hydrogen-bond donors (Lipinski definition) is 2. The van der Waals surface area contributed by atoms with E-state index in [9.17, 15) is 19.2 Å². The predicted octanol–water partition coefficient (Wildman–Crippen LogP) is 5.11. The van der Waals surface area contributed by atoms with Gasteiger partial charge in [-0.1, -0.05) is 63.5 Å². The van der Waals surface area contributed by atoms with E-state index < -0.39 is 41.6 Å². The van der Waals surface area contributed by atoms with Crippen LogP contribution < -0.4 is 10.6 Å². The molecule has 0 spiro atoms. The fraction of sp³-hybridized carbons (Fsp3) is 0.600. The molecule has 2 atom stereocenters. The average molecular weight is 578 g/mol. The smallest absolute Gasteiger partial charge is 0.408 e. The van der Waals surface area contributed by atoms with Crippen LogP contribution in [0, 0.1) is 0 Å². The number of unbranched alkanes of at least 4 members (excludes halogenated alkanes) is 4. The van der Waals surface area contributed by atoms with Crippen LogP contribution >= 0.6 is 11.8 Å². The number of nitrogens with zero attached hydrogens (tertiary/aromatic N) is 1. The van der Waals surface area contributed by atoms with Gasteiger partial charge >= 0.3 is 12.1 Å². The lowest BCUT2D eigenvalue weighted by atomic mass is 9.99. The SMILES string of the molecule is C=Cc1cccc(C(C(=O)NCC(=O)OC)N(CCCCCCC)C(=O)C(CCSC)NC(=O)OC(C)(C)C)c1. The second-order valence-electron chi connectivity index (χ2n) is 10.5. The van der Waals surface area contributed by atoms with Gasteiger partial charge in [-0.25, -0.2) is 4.79 Å². The Morgan fingerprint density at radius 2 is 1.82 bits per heavy atom. The Morgan fingerprint density at radius 1 is 1.12 bits per heavy atom. The molecule has 9 nitrogen and oxygen atoms in total. The summed E-state index contributed by atoms with van der Waals surface area (Å²) in [6.45, 7) is 11.2. The lowest BCUT2D eigenvalue weighted by Gasteiger charge is -2.34. The molecule has 40 heavy (non-hydrogen) atoms. The second-order valence-corrected chi connectivity index (χ2v) is 11.5. The number of hydrogen-bond acceptors (Lipinski definition) is 7. The maximum atomic E-state index is 14.2. The van der Waals surface area contributed by atoms with E-state index in [1.54, 1.807) is 56.8 Å². The summed E-state index contributed by atoms with van der Waals surface area (Å²) in [5, 5.41) is 5.36. The summed E-state index contributed by atoms with van der Waals surface area (Å²) in [5.41, 5.74) is 0.615. The van der Waals surface area contributed by atoms with Crippen LogP contribution in [0.4, 0.5) is 4.79 Å². The van der Waals surface area contributed by atoms with Gasteiger partial charge in [0, 0.05) is 6.54 Å². The number of thioether (sulfide) groups is 1. The molecule has 0 aliphatic heterocycles. The molecule has 2 unspecified atom stereocenters. The van der Waals surface area contributed by atoms with Crippen LogP contribution in [0.3, 0.4) is 0 Å². The number of carbonyl (C=O) groups excluding carboxylic acids is 4. The van der Waals surface area contributed by atoms with E-state index in [0.29, 0.717) is 30.7 Å². The second kappa shape index (κ2) is 18.4. The molecule has 0 fully saturated rings. The number of rotatable bonds is 17. The van der Waals surface area contributed by atoms with Crippen molar-refractivity contribution in [1.82, 2.24) is 15.5 Å². The standard InChI is InChI=1S/C30H47N3O6S/c1-8-10-11-12-13-18-33(28(36)24(17-19-40-7)32-29(37)39-30(3,4)5)26(27(35)31-21-25(34)38-6)23-16-14-15-22(9-2)20-23/h9,14-16,20,24,26H,2,8,10-13,17-19,21H2,1,3-7H3,(H,31,35)(H,32,37). The Hall–Kier alpha value is -3.01. The highest BCUT2D eigenvalue weighted by atomic mass is 32.2. The summed E-state index contributed by atoms with van der Waals surface area (Å²) in [4.78, 5) is 53.9. The van der Waals surface area contributed by atoms with Crippen molar-refractivity contribution in [3.8, 4) is 0 Å². The van der Waals surface area contributed by atoms with Gasteiger partial charge in [0.15, 0.2) is 0 Å². The summed E-state index contributed by atoms with van der Waals surface area (Å²) < 4.78 is 10.1. The first-order chi connectivity index (χ1) is 19.0. The van der Waals surface area contributed by atoms with Gasteiger partial charge in [-0.05, 0) is 62.8 Å². The highest BCUT2D eigenvalue weighted by molar-refractivity contribution is 7.98. The molecule has 0 radical (unpaired) electrons. The number of carbonyl (C=O) groups is 4. The van der Waals surface area contributed by atoms with Crippen molar-refractivity contribution in [2.45, 2.75) is 83.9 Å². The first-order valence-electron chi connectivity index (χ1n) is 13.8. The number of esters is 1. The third-order valence-electron chi connectivity index (χ3n) is 6.04. The van der Waals surface area contributed by atoms with Crippen molar-refractivity contribution >= 4 is 41.7 Å². The van der Waals surface area contributed by atoms with Gasteiger partial charge in [-0.15, -0.1) is 0 Å². The molecule has 1 aromatic carbocycles. The van der Waals surface area contributed by atoms with Crippen molar-refractivity contribution in [2.75, 3.05) is 32.2 Å². The van der Waals surface area contributed by atoms with E-state index in [0.717, 1.165) is 31.2 Å². The third-order valence-corrected chi connectivity index (χ3v) is 6.69. The first-order valence-corrected chi connectivity index (χ1v) is 15.2. The predicted molar refractivity (Wildman–Crippen MR) is 161 cm³/mol. The maximum Gasteiger partial charge on any atom is 0.408 e. The fourth-order valence-electron chi connectivity index (χ4n) is 4.05. The van der Waals surface area contributed by atoms with Gasteiger partial charge in [-0.2, -0.15) is 11.8 Å². The number of benzene rings is 1. The molecule has 0 bridgehead atoms. The topological polar surface area (TPSA) is 114 Å². The van der Waals surface area contributed by atoms with Gasteiger partial charge in [0.25, 0.3) is 0 Å². The van der Waals surface area contributed by atoms with Crippen LogP contribution in [0.15, 0.2) is 30.8 Å². The Labute approximate surface area is 243 Å². The van der Waals surface area contributed by atoms with E-state index in [2.05, 4.69) is 28.9 Å². The Balaban J connectivity index is 3.50. The number of nitrogens with one attached hydrogen (secondary N) is 2. The van der Waals surface area contributed by atoms with E-state index in [1.165, 1.54) is 12.0 Å². The van der Waals surface area contributed by atoms with Gasteiger partial charge in [-0.3, -0.25) is 14.4 Å². The van der Waals surface area contributed by atoms with Gasteiger partial charge < -0.3 is 25.0 Å². The van der Waals surface area contributed by atoms with Gasteiger partial charge in [0.1, 0.15) is 24.2 Å². The fourth-order valence-corrected chi connectivity index (χ4v) is 4.52. The van der Waals surface area contributed by atoms with Crippen LogP contribution in [0.25, 0.3) is 6.08 Å². The molecule has 224 valence electrons. The van der Waals surface area contributed by atoms with Crippen molar-refractivity contribution < 1.29 is 28.7 Å². The zero-order valence-electron chi connectivity index (χ0n) is 24.9. The Kier molecular flexibility index (Phi) is 16.1. The van der Waals surface area contributed by atoms with Crippen LogP contribution in [-0.2, 0) is 23.9 Å². The normalized spacial score (nSPS) is 12.6. The largest absolute Gasteiger partial charge is 0.468 e. The minimum Gasteiger partial charge on any atom is -0.468 e. The number of amides is 3. The molecule has 0 saturated carbocycles. The van der Waals surface area contributed by atoms with Crippen molar-refractivity contribution in [1.29, 1.82) is 0 Å². The quantitative estimate of drug-likeness (QED) is 0.195. The van der Waals surface area contributed by atoms with E-state index in [4.69, 9.17) is 4.74 Å². The highest BCUT2D eigenvalue weighted by Crippen LogP contribution is 2.26. The van der Waals surface area contributed by atoms with Crippen LogP contribution in [-0.4, -0.2) is 72.6 Å². The molecule has 1 aromatic rings. The molecule has 3 amide bonds. The molecule has 0 aliphatic carbocycles. The zero-order chi connectivity index (χ0) is 30.1. The summed E-state index contributed by atoms with van der Waals surface area (Å²) in [5.74, 6) is -0.900. The number of alkyl carbamates (subject to hydrolysis) is 1. The average Bonchev–Trinajstić information content (AvgIpc) is 2.91. The van der Waals surface area contributed by atoms with Gasteiger partial charge in [0.05, 0.1) is 7.11 Å². The molecule has 1 rings (SSSR count). The Bertz CT molecular complexity index is 978. The minimum atomic E-state index is -1.04. The lowest BCUT2D eigenvalue weighted by molar-refractivity contribution is -0.144. The summed E-state index contributed by atoms with van der Waals surface area (Å²) in [6, 6.07) is 5.26. The van der Waals surface area contributed by atoms with Crippen LogP contribution in [0.1, 0.15) is 83.4 Å². The Morgan fingerprint density at radius 3 is 2.42 bits per heavy atom. The molecular formula is C30H47N3O6S. The summed E-state index contributed by atoms with van der Waals surface area (Å²) in [7, 11) is 1.24. The number of ether oxygens (including phenoxy) is 2. The van der Waals surface area contributed by atoms with Crippen molar-refractivity contribution in [3.05, 3.63) is 42.0 Å². The molecule has 0 saturated heterocycles. The molecule has 0 heterocycles. The van der Waals surface area contributed by atoms with E-state index in [1.807, 2.05) is 12.3 Å². The number of methoxy groups -OCH3 is 1. The minimum absolute atomic E-state index is 0.295. The van der Waals surface area contributed by atoms with Crippen LogP contribution in [0.5, 0.6) is 0 Å². The molecule has 10 heteroatoms. The molecule has 0 aliphatic rings.